The van der Waals surface area contributed by atoms with Gasteiger partial charge in [-0.25, -0.2) is 0 Å². The van der Waals surface area contributed by atoms with Crippen LogP contribution in [0.2, 0.25) is 0 Å². The maximum atomic E-state index is 10.9. The molecule has 0 unspecified atom stereocenters. The molecule has 0 saturated carbocycles. The molecule has 4 aliphatic heterocycles. The molecule has 10 nitrogen and oxygen atoms in total. The van der Waals surface area contributed by atoms with E-state index >= 15 is 0 Å². The number of aldehydes is 1. The van der Waals surface area contributed by atoms with Crippen LogP contribution in [-0.4, -0.2) is 133 Å². The number of nitrogens with zero attached hydrogens (tertiary/aromatic N) is 2. The van der Waals surface area contributed by atoms with Crippen molar-refractivity contribution in [2.45, 2.75) is 49.7 Å². The van der Waals surface area contributed by atoms with Crippen molar-refractivity contribution in [3.63, 3.8) is 0 Å². The van der Waals surface area contributed by atoms with E-state index in [-0.39, 0.29) is 42.7 Å². The van der Waals surface area contributed by atoms with Crippen LogP contribution < -0.4 is 0 Å². The summed E-state index contributed by atoms with van der Waals surface area (Å²) in [6.45, 7) is 6.48. The first-order valence-corrected chi connectivity index (χ1v) is 11.3. The molecular formula is C22H42N2O8. The third kappa shape index (κ3) is 4.62. The van der Waals surface area contributed by atoms with Crippen molar-refractivity contribution in [3.05, 3.63) is 0 Å². The average Bonchev–Trinajstić information content (AvgIpc) is 3.57. The number of carbonyl (C=O) groups excluding carboxylic acids is 1. The molecule has 4 saturated heterocycles. The normalized spacial score (nSPS) is 37.2. The van der Waals surface area contributed by atoms with Gasteiger partial charge in [0.2, 0.25) is 11.6 Å². The molecule has 4 rings (SSSR count). The number of rotatable bonds is 6. The zero-order valence-electron chi connectivity index (χ0n) is 20.8. The van der Waals surface area contributed by atoms with E-state index in [0.717, 1.165) is 12.8 Å². The summed E-state index contributed by atoms with van der Waals surface area (Å²) in [6, 6.07) is 0.0762. The minimum atomic E-state index is -0.725. The minimum Gasteiger partial charge on any atom is -0.396 e. The zero-order valence-corrected chi connectivity index (χ0v) is 20.8. The van der Waals surface area contributed by atoms with Crippen LogP contribution in [0, 0.1) is 11.8 Å². The molecule has 4 fully saturated rings. The third-order valence-electron chi connectivity index (χ3n) is 7.13. The summed E-state index contributed by atoms with van der Waals surface area (Å²) >= 11 is 0. The van der Waals surface area contributed by atoms with Crippen molar-refractivity contribution < 1.29 is 38.3 Å². The van der Waals surface area contributed by atoms with Crippen LogP contribution in [0.3, 0.4) is 0 Å². The van der Waals surface area contributed by atoms with Crippen LogP contribution in [0.1, 0.15) is 13.8 Å². The Morgan fingerprint density at radius 3 is 1.75 bits per heavy atom. The number of ether oxygens (including phenoxy) is 6. The predicted molar refractivity (Wildman–Crippen MR) is 117 cm³/mol. The molecule has 0 aromatic rings. The van der Waals surface area contributed by atoms with Gasteiger partial charge in [-0.2, -0.15) is 0 Å². The first-order chi connectivity index (χ1) is 15.4. The Morgan fingerprint density at radius 2 is 1.31 bits per heavy atom. The standard InChI is InChI=1S/C10H19NO4.C10H17NO4.C2H6/c2*1-11-4-7(5-12)8-9(11)10(13-2,14-3)6-15-8;1-2/h7-9,12H,4-6H2,1-3H3;5,7-9H,4,6H2,1-3H3;1-2H3/t2*7-,8+,9-;/m00./s1. The Morgan fingerprint density at radius 1 is 0.875 bits per heavy atom. The number of fused-ring (bicyclic) bond motifs is 2. The third-order valence-corrected chi connectivity index (χ3v) is 7.13. The van der Waals surface area contributed by atoms with E-state index in [1.165, 1.54) is 0 Å². The molecule has 0 aromatic carbocycles. The second kappa shape index (κ2) is 11.6. The van der Waals surface area contributed by atoms with E-state index in [0.29, 0.717) is 19.8 Å². The molecule has 0 amide bonds. The van der Waals surface area contributed by atoms with Gasteiger partial charge in [0.1, 0.15) is 19.5 Å². The van der Waals surface area contributed by atoms with Gasteiger partial charge in [0.25, 0.3) is 0 Å². The highest BCUT2D eigenvalue weighted by Gasteiger charge is 2.60. The molecule has 4 heterocycles. The van der Waals surface area contributed by atoms with Crippen molar-refractivity contribution in [1.82, 2.24) is 9.80 Å². The smallest absolute Gasteiger partial charge is 0.210 e. The highest BCUT2D eigenvalue weighted by Crippen LogP contribution is 2.41. The van der Waals surface area contributed by atoms with Crippen LogP contribution in [0.15, 0.2) is 0 Å². The van der Waals surface area contributed by atoms with E-state index < -0.39 is 11.6 Å². The number of aliphatic hydroxyl groups excluding tert-OH is 1. The van der Waals surface area contributed by atoms with Crippen molar-refractivity contribution in [2.75, 3.05) is 75.4 Å². The summed E-state index contributed by atoms with van der Waals surface area (Å²) < 4.78 is 33.1. The summed E-state index contributed by atoms with van der Waals surface area (Å²) in [5.41, 5.74) is 0. The Labute approximate surface area is 192 Å². The Kier molecular flexibility index (Phi) is 10.0. The van der Waals surface area contributed by atoms with Crippen LogP contribution in [0.5, 0.6) is 0 Å². The highest BCUT2D eigenvalue weighted by molar-refractivity contribution is 5.56. The molecule has 0 aromatic heterocycles. The first kappa shape index (κ1) is 27.6. The summed E-state index contributed by atoms with van der Waals surface area (Å²) in [5.74, 6) is -1.32. The molecular weight excluding hydrogens is 420 g/mol. The number of aliphatic hydroxyl groups is 1. The van der Waals surface area contributed by atoms with Crippen LogP contribution in [0.4, 0.5) is 0 Å². The lowest BCUT2D eigenvalue weighted by Gasteiger charge is -2.33. The number of likely N-dealkylation sites (N-methyl/N-ethyl adjacent to an activating group) is 2. The van der Waals surface area contributed by atoms with Crippen LogP contribution in [0.25, 0.3) is 0 Å². The van der Waals surface area contributed by atoms with Gasteiger partial charge in [-0.05, 0) is 14.1 Å². The second-order valence-corrected chi connectivity index (χ2v) is 8.50. The van der Waals surface area contributed by atoms with Crippen molar-refractivity contribution in [2.24, 2.45) is 11.8 Å². The van der Waals surface area contributed by atoms with Gasteiger partial charge < -0.3 is 38.3 Å². The quantitative estimate of drug-likeness (QED) is 0.423. The number of likely N-dealkylation sites (tertiary alicyclic amines) is 2. The average molecular weight is 463 g/mol. The molecule has 0 aliphatic carbocycles. The molecule has 188 valence electrons. The summed E-state index contributed by atoms with van der Waals surface area (Å²) in [4.78, 5) is 15.1. The van der Waals surface area contributed by atoms with Crippen molar-refractivity contribution in [1.29, 1.82) is 0 Å². The molecule has 4 aliphatic rings. The molecule has 6 atom stereocenters. The van der Waals surface area contributed by atoms with Crippen molar-refractivity contribution >= 4 is 6.29 Å². The molecule has 0 bridgehead atoms. The van der Waals surface area contributed by atoms with Gasteiger partial charge in [-0.15, -0.1) is 0 Å². The topological polar surface area (TPSA) is 99.2 Å². The van der Waals surface area contributed by atoms with Gasteiger partial charge in [0, 0.05) is 54.1 Å². The van der Waals surface area contributed by atoms with Crippen molar-refractivity contribution in [3.8, 4) is 0 Å². The minimum absolute atomic E-state index is 0.00250. The highest BCUT2D eigenvalue weighted by atomic mass is 16.7. The van der Waals surface area contributed by atoms with Gasteiger partial charge in [0.15, 0.2) is 0 Å². The lowest BCUT2D eigenvalue weighted by molar-refractivity contribution is -0.225. The van der Waals surface area contributed by atoms with Gasteiger partial charge in [-0.3, -0.25) is 9.80 Å². The van der Waals surface area contributed by atoms with Crippen LogP contribution in [-0.2, 0) is 33.2 Å². The maximum absolute atomic E-state index is 10.9. The SMILES string of the molecule is CC.COC1(OC)CO[C@@H]2[C@H](C=O)CN(C)[C@@H]21.COC1(OC)CO[C@@H]2[C@H](CO)CN(C)[C@@H]21. The van der Waals surface area contributed by atoms with Gasteiger partial charge >= 0.3 is 0 Å². The molecule has 1 N–H and O–H groups in total. The molecule has 32 heavy (non-hydrogen) atoms. The van der Waals surface area contributed by atoms with Crippen LogP contribution >= 0.6 is 0 Å². The predicted octanol–water partition coefficient (Wildman–Crippen LogP) is -0.174. The summed E-state index contributed by atoms with van der Waals surface area (Å²) in [6.07, 6.45) is 0.870. The zero-order chi connectivity index (χ0) is 24.1. The Hall–Kier alpha value is -0.690. The van der Waals surface area contributed by atoms with Gasteiger partial charge in [-0.1, -0.05) is 13.8 Å². The Bertz CT molecular complexity index is 586. The van der Waals surface area contributed by atoms with E-state index in [1.54, 1.807) is 28.4 Å². The van der Waals surface area contributed by atoms with E-state index in [4.69, 9.17) is 28.4 Å². The van der Waals surface area contributed by atoms with E-state index in [9.17, 15) is 9.90 Å². The van der Waals surface area contributed by atoms with Gasteiger partial charge in [0.05, 0.1) is 30.2 Å². The first-order valence-electron chi connectivity index (χ1n) is 11.3. The number of hydrogen-bond donors (Lipinski definition) is 1. The monoisotopic (exact) mass is 462 g/mol. The van der Waals surface area contributed by atoms with E-state index in [2.05, 4.69) is 9.80 Å². The number of methoxy groups -OCH3 is 4. The molecule has 0 spiro atoms. The fourth-order valence-corrected chi connectivity index (χ4v) is 5.51. The fourth-order valence-electron chi connectivity index (χ4n) is 5.51. The number of hydrogen-bond acceptors (Lipinski definition) is 10. The second-order valence-electron chi connectivity index (χ2n) is 8.50. The molecule has 0 radical (unpaired) electrons. The lowest BCUT2D eigenvalue weighted by atomic mass is 10.00. The largest absolute Gasteiger partial charge is 0.396 e. The maximum Gasteiger partial charge on any atom is 0.210 e. The van der Waals surface area contributed by atoms with E-state index in [1.807, 2.05) is 27.9 Å². The summed E-state index contributed by atoms with van der Waals surface area (Å²) in [5, 5.41) is 9.26. The molecule has 10 heteroatoms. The Balaban J connectivity index is 0.000000211. The number of carbonyl (C=O) groups is 1. The lowest BCUT2D eigenvalue weighted by Crippen LogP contribution is -2.52. The summed E-state index contributed by atoms with van der Waals surface area (Å²) in [7, 11) is 10.5. The fraction of sp³-hybridized carbons (Fsp3) is 0.955.